The minimum atomic E-state index is -0.230. The Kier molecular flexibility index (Phi) is 4.35. The first-order chi connectivity index (χ1) is 12.1. The number of nitrogens with zero attached hydrogens (tertiary/aromatic N) is 3. The number of fused-ring (bicyclic) bond motifs is 1. The van der Waals surface area contributed by atoms with Gasteiger partial charge in [-0.3, -0.25) is 14.3 Å². The van der Waals surface area contributed by atoms with E-state index in [9.17, 15) is 9.59 Å². The summed E-state index contributed by atoms with van der Waals surface area (Å²) in [5, 5.41) is 0. The Hall–Kier alpha value is -2.12. The molecule has 0 spiro atoms. The fourth-order valence-electron chi connectivity index (χ4n) is 4.04. The highest BCUT2D eigenvalue weighted by atomic mass is 16.5. The van der Waals surface area contributed by atoms with Crippen molar-refractivity contribution in [1.82, 2.24) is 19.4 Å². The number of H-pyrrole nitrogens is 1. The van der Waals surface area contributed by atoms with Crippen LogP contribution in [0.3, 0.4) is 0 Å². The van der Waals surface area contributed by atoms with E-state index < -0.39 is 0 Å². The van der Waals surface area contributed by atoms with Crippen molar-refractivity contribution in [3.63, 3.8) is 0 Å². The number of aromatic nitrogens is 2. The number of likely N-dealkylation sites (tertiary alicyclic amines) is 1. The summed E-state index contributed by atoms with van der Waals surface area (Å²) < 4.78 is 6.96. The van der Waals surface area contributed by atoms with Gasteiger partial charge in [-0.05, 0) is 18.1 Å². The summed E-state index contributed by atoms with van der Waals surface area (Å²) in [4.78, 5) is 32.1. The second-order valence-electron chi connectivity index (χ2n) is 7.03. The summed E-state index contributed by atoms with van der Waals surface area (Å²) in [6, 6.07) is 7.85. The summed E-state index contributed by atoms with van der Waals surface area (Å²) in [5.41, 5.74) is 1.31. The van der Waals surface area contributed by atoms with E-state index in [1.807, 2.05) is 29.2 Å². The molecule has 2 aliphatic rings. The predicted octanol–water partition coefficient (Wildman–Crippen LogP) is 0.509. The molecule has 2 aliphatic heterocycles. The second-order valence-corrected chi connectivity index (χ2v) is 7.03. The van der Waals surface area contributed by atoms with E-state index in [2.05, 4.69) is 16.8 Å². The van der Waals surface area contributed by atoms with E-state index in [0.717, 1.165) is 50.4 Å². The predicted molar refractivity (Wildman–Crippen MR) is 94.5 cm³/mol. The third-order valence-electron chi connectivity index (χ3n) is 5.42. The van der Waals surface area contributed by atoms with Crippen molar-refractivity contribution in [2.45, 2.75) is 19.5 Å². The average molecular weight is 344 g/mol. The molecule has 0 saturated carbocycles. The summed E-state index contributed by atoms with van der Waals surface area (Å²) in [6.45, 7) is 7.16. The lowest BCUT2D eigenvalue weighted by Crippen LogP contribution is -2.47. The number of morpholine rings is 1. The molecule has 7 heteroatoms. The van der Waals surface area contributed by atoms with Gasteiger partial charge < -0.3 is 14.6 Å². The fraction of sp³-hybridized carbons (Fsp3) is 0.556. The van der Waals surface area contributed by atoms with Crippen LogP contribution < -0.4 is 5.69 Å². The molecule has 1 N–H and O–H groups in total. The standard InChI is InChI=1S/C18H24N4O3/c1-13-10-21(11-16(13)20-6-8-25-9-7-20)17(23)12-22-15-5-3-2-4-14(15)19-18(22)24/h2-5,13,16H,6-12H2,1H3,(H,19,24). The highest BCUT2D eigenvalue weighted by Crippen LogP contribution is 2.23. The monoisotopic (exact) mass is 344 g/mol. The van der Waals surface area contributed by atoms with E-state index in [0.29, 0.717) is 12.0 Å². The van der Waals surface area contributed by atoms with E-state index >= 15 is 0 Å². The van der Waals surface area contributed by atoms with E-state index in [1.54, 1.807) is 0 Å². The van der Waals surface area contributed by atoms with Gasteiger partial charge in [0.2, 0.25) is 5.91 Å². The average Bonchev–Trinajstić information content (AvgIpc) is 3.16. The fourth-order valence-corrected chi connectivity index (χ4v) is 4.04. The molecule has 1 aromatic heterocycles. The van der Waals surface area contributed by atoms with E-state index in [4.69, 9.17) is 4.74 Å². The first-order valence-corrected chi connectivity index (χ1v) is 8.90. The normalized spacial score (nSPS) is 24.9. The molecule has 0 radical (unpaired) electrons. The van der Waals surface area contributed by atoms with Gasteiger partial charge in [0.05, 0.1) is 24.2 Å². The van der Waals surface area contributed by atoms with Crippen molar-refractivity contribution < 1.29 is 9.53 Å². The van der Waals surface area contributed by atoms with Crippen LogP contribution in [0.5, 0.6) is 0 Å². The second kappa shape index (κ2) is 6.65. The number of rotatable bonds is 3. The van der Waals surface area contributed by atoms with Crippen molar-refractivity contribution in [2.24, 2.45) is 5.92 Å². The van der Waals surface area contributed by atoms with Crippen LogP contribution in [0.1, 0.15) is 6.92 Å². The number of amides is 1. The molecule has 7 nitrogen and oxygen atoms in total. The van der Waals surface area contributed by atoms with E-state index in [1.165, 1.54) is 4.57 Å². The van der Waals surface area contributed by atoms with Gasteiger partial charge in [0, 0.05) is 32.2 Å². The smallest absolute Gasteiger partial charge is 0.326 e. The number of imidazole rings is 1. The number of nitrogens with one attached hydrogen (secondary N) is 1. The minimum absolute atomic E-state index is 0.00876. The maximum atomic E-state index is 12.8. The molecule has 2 fully saturated rings. The number of hydrogen-bond donors (Lipinski definition) is 1. The topological polar surface area (TPSA) is 70.6 Å². The zero-order chi connectivity index (χ0) is 17.4. The zero-order valence-corrected chi connectivity index (χ0v) is 14.5. The molecule has 2 unspecified atom stereocenters. The molecular weight excluding hydrogens is 320 g/mol. The van der Waals surface area contributed by atoms with Gasteiger partial charge >= 0.3 is 5.69 Å². The van der Waals surface area contributed by atoms with Crippen LogP contribution >= 0.6 is 0 Å². The summed E-state index contributed by atoms with van der Waals surface area (Å²) in [6.07, 6.45) is 0. The number of aromatic amines is 1. The largest absolute Gasteiger partial charge is 0.379 e. The van der Waals surface area contributed by atoms with Crippen molar-refractivity contribution in [3.05, 3.63) is 34.7 Å². The highest BCUT2D eigenvalue weighted by molar-refractivity contribution is 5.80. The summed E-state index contributed by atoms with van der Waals surface area (Å²) in [5.74, 6) is 0.441. The number of carbonyl (C=O) groups is 1. The molecule has 3 heterocycles. The van der Waals surface area contributed by atoms with Gasteiger partial charge in [-0.2, -0.15) is 0 Å². The quantitative estimate of drug-likeness (QED) is 0.881. The number of ether oxygens (including phenoxy) is 1. The third-order valence-corrected chi connectivity index (χ3v) is 5.42. The molecule has 4 rings (SSSR count). The van der Waals surface area contributed by atoms with Gasteiger partial charge in [-0.15, -0.1) is 0 Å². The Morgan fingerprint density at radius 1 is 1.24 bits per heavy atom. The lowest BCUT2D eigenvalue weighted by molar-refractivity contribution is -0.131. The van der Waals surface area contributed by atoms with Gasteiger partial charge in [-0.1, -0.05) is 19.1 Å². The maximum absolute atomic E-state index is 12.8. The molecule has 25 heavy (non-hydrogen) atoms. The number of hydrogen-bond acceptors (Lipinski definition) is 4. The molecule has 2 saturated heterocycles. The third kappa shape index (κ3) is 3.09. The SMILES string of the molecule is CC1CN(C(=O)Cn2c(=O)[nH]c3ccccc32)CC1N1CCOCC1. The molecular formula is C18H24N4O3. The highest BCUT2D eigenvalue weighted by Gasteiger charge is 2.36. The van der Waals surface area contributed by atoms with Crippen LogP contribution in [0.2, 0.25) is 0 Å². The molecule has 134 valence electrons. The lowest BCUT2D eigenvalue weighted by atomic mass is 10.0. The molecule has 0 bridgehead atoms. The van der Waals surface area contributed by atoms with Gasteiger partial charge in [0.15, 0.2) is 0 Å². The van der Waals surface area contributed by atoms with Crippen LogP contribution in [-0.2, 0) is 16.1 Å². The van der Waals surface area contributed by atoms with Crippen molar-refractivity contribution >= 4 is 16.9 Å². The van der Waals surface area contributed by atoms with Crippen LogP contribution in [0.4, 0.5) is 0 Å². The number of benzene rings is 1. The van der Waals surface area contributed by atoms with Crippen LogP contribution in [0, 0.1) is 5.92 Å². The Morgan fingerprint density at radius 2 is 2.00 bits per heavy atom. The Balaban J connectivity index is 1.48. The van der Waals surface area contributed by atoms with Crippen LogP contribution in [0.15, 0.2) is 29.1 Å². The first-order valence-electron chi connectivity index (χ1n) is 8.90. The number of para-hydroxylation sites is 2. The van der Waals surface area contributed by atoms with Gasteiger partial charge in [-0.25, -0.2) is 4.79 Å². The molecule has 1 aromatic carbocycles. The molecule has 2 atom stereocenters. The lowest BCUT2D eigenvalue weighted by Gasteiger charge is -2.34. The molecule has 0 aliphatic carbocycles. The van der Waals surface area contributed by atoms with Gasteiger partial charge in [0.25, 0.3) is 0 Å². The summed E-state index contributed by atoms with van der Waals surface area (Å²) >= 11 is 0. The maximum Gasteiger partial charge on any atom is 0.326 e. The zero-order valence-electron chi connectivity index (χ0n) is 14.5. The van der Waals surface area contributed by atoms with Crippen molar-refractivity contribution in [1.29, 1.82) is 0 Å². The molecule has 2 aromatic rings. The van der Waals surface area contributed by atoms with Crippen molar-refractivity contribution in [2.75, 3.05) is 39.4 Å². The Labute approximate surface area is 146 Å². The minimum Gasteiger partial charge on any atom is -0.379 e. The van der Waals surface area contributed by atoms with Crippen LogP contribution in [-0.4, -0.2) is 70.7 Å². The van der Waals surface area contributed by atoms with Crippen LogP contribution in [0.25, 0.3) is 11.0 Å². The Morgan fingerprint density at radius 3 is 2.80 bits per heavy atom. The summed E-state index contributed by atoms with van der Waals surface area (Å²) in [7, 11) is 0. The van der Waals surface area contributed by atoms with E-state index in [-0.39, 0.29) is 18.1 Å². The van der Waals surface area contributed by atoms with Gasteiger partial charge in [0.1, 0.15) is 6.54 Å². The molecule has 1 amide bonds. The Bertz CT molecular complexity index is 821. The first kappa shape index (κ1) is 16.4. The number of carbonyl (C=O) groups excluding carboxylic acids is 1. The van der Waals surface area contributed by atoms with Crippen molar-refractivity contribution in [3.8, 4) is 0 Å².